The Morgan fingerprint density at radius 3 is 2.31 bits per heavy atom. The number of carbonyl (C=O) groups excluding carboxylic acids is 1. The average molecular weight is 576 g/mol. The smallest absolute Gasteiger partial charge is 0.229 e. The van der Waals surface area contributed by atoms with Gasteiger partial charge in [-0.25, -0.2) is 8.42 Å². The molecule has 216 valence electrons. The van der Waals surface area contributed by atoms with E-state index in [4.69, 9.17) is 0 Å². The fourth-order valence-corrected chi connectivity index (χ4v) is 6.60. The van der Waals surface area contributed by atoms with Crippen molar-refractivity contribution in [1.82, 2.24) is 9.80 Å². The Bertz CT molecular complexity index is 1140. The summed E-state index contributed by atoms with van der Waals surface area (Å²) >= 11 is 0. The van der Waals surface area contributed by atoms with Gasteiger partial charge in [-0.1, -0.05) is 62.9 Å². The van der Waals surface area contributed by atoms with Crippen molar-refractivity contribution in [3.8, 4) is 11.1 Å². The number of nitrogens with one attached hydrogen (secondary N) is 1. The molecule has 8 heteroatoms. The van der Waals surface area contributed by atoms with E-state index in [1.165, 1.54) is 37.7 Å². The number of piperidine rings is 1. The molecule has 39 heavy (non-hydrogen) atoms. The van der Waals surface area contributed by atoms with Crippen molar-refractivity contribution in [2.75, 3.05) is 30.6 Å². The molecule has 2 fully saturated rings. The number of carbonyl (C=O) groups is 1. The molecule has 4 rings (SSSR count). The first kappa shape index (κ1) is 31.4. The summed E-state index contributed by atoms with van der Waals surface area (Å²) in [4.78, 5) is 18.1. The van der Waals surface area contributed by atoms with E-state index in [0.717, 1.165) is 75.7 Å². The Balaban J connectivity index is 0.00000420. The largest absolute Gasteiger partial charge is 0.340 e. The van der Waals surface area contributed by atoms with Crippen LogP contribution in [-0.2, 0) is 21.4 Å². The minimum atomic E-state index is -3.28. The lowest BCUT2D eigenvalue weighted by atomic mass is 9.86. The van der Waals surface area contributed by atoms with Crippen LogP contribution in [0.5, 0.6) is 0 Å². The second-order valence-corrected chi connectivity index (χ2v) is 13.1. The standard InChI is InChI=1S/C31H45N3O3S.ClH/c1-3-4-19-34(31(35)23-25-9-6-5-7-10-25)30-17-20-33(21-18-30)24-26-11-8-12-28(22-26)27-13-15-29(16-14-27)32-38(2,36)37;/h8,11-16,22,25,30,32H,3-7,9-10,17-21,23-24H2,1-2H3;1H. The van der Waals surface area contributed by atoms with Gasteiger partial charge in [0.25, 0.3) is 0 Å². The lowest BCUT2D eigenvalue weighted by molar-refractivity contribution is -0.136. The molecule has 1 aliphatic carbocycles. The summed E-state index contributed by atoms with van der Waals surface area (Å²) in [6.07, 6.45) is 12.6. The number of hydrogen-bond acceptors (Lipinski definition) is 4. The third-order valence-corrected chi connectivity index (χ3v) is 8.72. The van der Waals surface area contributed by atoms with Gasteiger partial charge >= 0.3 is 0 Å². The minimum absolute atomic E-state index is 0. The maximum atomic E-state index is 13.3. The van der Waals surface area contributed by atoms with Crippen LogP contribution in [0.3, 0.4) is 0 Å². The van der Waals surface area contributed by atoms with Crippen LogP contribution in [0.25, 0.3) is 11.1 Å². The fraction of sp³-hybridized carbons (Fsp3) is 0.581. The van der Waals surface area contributed by atoms with E-state index in [1.807, 2.05) is 12.1 Å². The molecule has 2 aliphatic rings. The number of benzene rings is 2. The number of unbranched alkanes of at least 4 members (excludes halogenated alkanes) is 1. The highest BCUT2D eigenvalue weighted by Gasteiger charge is 2.29. The van der Waals surface area contributed by atoms with Crippen LogP contribution in [0.2, 0.25) is 0 Å². The van der Waals surface area contributed by atoms with E-state index >= 15 is 0 Å². The number of halogens is 1. The van der Waals surface area contributed by atoms with E-state index < -0.39 is 10.0 Å². The number of rotatable bonds is 11. The molecule has 2 aromatic rings. The predicted molar refractivity (Wildman–Crippen MR) is 164 cm³/mol. The molecule has 1 aliphatic heterocycles. The van der Waals surface area contributed by atoms with Gasteiger partial charge in [0.05, 0.1) is 6.26 Å². The molecule has 0 aromatic heterocycles. The van der Waals surface area contributed by atoms with Crippen molar-refractivity contribution in [3.05, 3.63) is 54.1 Å². The van der Waals surface area contributed by atoms with Gasteiger partial charge in [-0.15, -0.1) is 12.4 Å². The molecule has 1 saturated carbocycles. The van der Waals surface area contributed by atoms with Crippen molar-refractivity contribution in [3.63, 3.8) is 0 Å². The highest BCUT2D eigenvalue weighted by atomic mass is 35.5. The first-order valence-corrected chi connectivity index (χ1v) is 16.4. The lowest BCUT2D eigenvalue weighted by Crippen LogP contribution is -2.48. The third kappa shape index (κ3) is 9.80. The molecule has 1 N–H and O–H groups in total. The molecule has 0 unspecified atom stereocenters. The second-order valence-electron chi connectivity index (χ2n) is 11.3. The topological polar surface area (TPSA) is 69.7 Å². The van der Waals surface area contributed by atoms with Crippen LogP contribution in [0.4, 0.5) is 5.69 Å². The number of hydrogen-bond donors (Lipinski definition) is 1. The zero-order valence-electron chi connectivity index (χ0n) is 23.6. The molecule has 1 amide bonds. The molecule has 0 spiro atoms. The monoisotopic (exact) mass is 575 g/mol. The normalized spacial score (nSPS) is 17.4. The number of sulfonamides is 1. The van der Waals surface area contributed by atoms with Crippen molar-refractivity contribution in [2.45, 2.75) is 83.7 Å². The summed E-state index contributed by atoms with van der Waals surface area (Å²) in [5, 5.41) is 0. The van der Waals surface area contributed by atoms with Gasteiger partial charge in [0.1, 0.15) is 0 Å². The lowest BCUT2D eigenvalue weighted by Gasteiger charge is -2.39. The summed E-state index contributed by atoms with van der Waals surface area (Å²) < 4.78 is 25.5. The Kier molecular flexibility index (Phi) is 12.1. The maximum Gasteiger partial charge on any atom is 0.229 e. The molecular formula is C31H46ClN3O3S. The number of amides is 1. The molecule has 0 atom stereocenters. The van der Waals surface area contributed by atoms with Gasteiger partial charge in [-0.3, -0.25) is 14.4 Å². The van der Waals surface area contributed by atoms with Crippen LogP contribution >= 0.6 is 12.4 Å². The Morgan fingerprint density at radius 2 is 1.67 bits per heavy atom. The van der Waals surface area contributed by atoms with Gasteiger partial charge in [-0.05, 0) is 72.9 Å². The number of nitrogens with zero attached hydrogens (tertiary/aromatic N) is 2. The summed E-state index contributed by atoms with van der Waals surface area (Å²) in [5.41, 5.74) is 4.03. The van der Waals surface area contributed by atoms with E-state index in [1.54, 1.807) is 12.1 Å². The Labute approximate surface area is 242 Å². The highest BCUT2D eigenvalue weighted by molar-refractivity contribution is 7.92. The van der Waals surface area contributed by atoms with Gasteiger partial charge < -0.3 is 4.90 Å². The van der Waals surface area contributed by atoms with Gasteiger partial charge in [0, 0.05) is 44.3 Å². The fourth-order valence-electron chi connectivity index (χ4n) is 6.04. The van der Waals surface area contributed by atoms with Gasteiger partial charge in [0.2, 0.25) is 15.9 Å². The van der Waals surface area contributed by atoms with Crippen LogP contribution in [0.1, 0.15) is 76.7 Å². The van der Waals surface area contributed by atoms with Crippen molar-refractivity contribution >= 4 is 34.0 Å². The number of anilines is 1. The molecule has 0 radical (unpaired) electrons. The third-order valence-electron chi connectivity index (χ3n) is 8.11. The van der Waals surface area contributed by atoms with E-state index in [2.05, 4.69) is 45.7 Å². The second kappa shape index (κ2) is 15.1. The molecule has 1 heterocycles. The maximum absolute atomic E-state index is 13.3. The summed E-state index contributed by atoms with van der Waals surface area (Å²) in [6, 6.07) is 16.5. The first-order valence-electron chi connectivity index (χ1n) is 14.5. The van der Waals surface area contributed by atoms with Crippen molar-refractivity contribution < 1.29 is 13.2 Å². The highest BCUT2D eigenvalue weighted by Crippen LogP contribution is 2.29. The predicted octanol–water partition coefficient (Wildman–Crippen LogP) is 6.71. The molecule has 0 bridgehead atoms. The van der Waals surface area contributed by atoms with E-state index in [0.29, 0.717) is 23.6 Å². The summed E-state index contributed by atoms with van der Waals surface area (Å²) in [6.45, 7) is 6.05. The zero-order valence-corrected chi connectivity index (χ0v) is 25.2. The summed E-state index contributed by atoms with van der Waals surface area (Å²) in [5.74, 6) is 0.995. The first-order chi connectivity index (χ1) is 18.3. The number of likely N-dealkylation sites (tertiary alicyclic amines) is 1. The van der Waals surface area contributed by atoms with Crippen LogP contribution in [0, 0.1) is 5.92 Å². The van der Waals surface area contributed by atoms with Crippen LogP contribution < -0.4 is 4.72 Å². The molecule has 1 saturated heterocycles. The minimum Gasteiger partial charge on any atom is -0.340 e. The van der Waals surface area contributed by atoms with E-state index in [9.17, 15) is 13.2 Å². The van der Waals surface area contributed by atoms with Crippen LogP contribution in [0.15, 0.2) is 48.5 Å². The van der Waals surface area contributed by atoms with Gasteiger partial charge in [0.15, 0.2) is 0 Å². The van der Waals surface area contributed by atoms with Crippen molar-refractivity contribution in [2.24, 2.45) is 5.92 Å². The zero-order chi connectivity index (χ0) is 27.0. The SMILES string of the molecule is CCCCN(C(=O)CC1CCCCC1)C1CCN(Cc2cccc(-c3ccc(NS(C)(=O)=O)cc3)c2)CC1.Cl. The van der Waals surface area contributed by atoms with Crippen LogP contribution in [-0.4, -0.2) is 56.1 Å². The Hall–Kier alpha value is -2.09. The van der Waals surface area contributed by atoms with Gasteiger partial charge in [-0.2, -0.15) is 0 Å². The quantitative estimate of drug-likeness (QED) is 0.323. The van der Waals surface area contributed by atoms with Crippen molar-refractivity contribution in [1.29, 1.82) is 0 Å². The molecular weight excluding hydrogens is 530 g/mol. The summed E-state index contributed by atoms with van der Waals surface area (Å²) in [7, 11) is -3.28. The van der Waals surface area contributed by atoms with E-state index in [-0.39, 0.29) is 12.4 Å². The molecule has 6 nitrogen and oxygen atoms in total. The molecule has 2 aromatic carbocycles. The average Bonchev–Trinajstić information content (AvgIpc) is 2.90. The Morgan fingerprint density at radius 1 is 0.974 bits per heavy atom.